The molecule has 0 aromatic heterocycles. The zero-order valence-corrected chi connectivity index (χ0v) is 12.4. The summed E-state index contributed by atoms with van der Waals surface area (Å²) < 4.78 is 10.5. The van der Waals surface area contributed by atoms with Crippen LogP contribution in [0.5, 0.6) is 11.5 Å². The van der Waals surface area contributed by atoms with Crippen LogP contribution in [0.25, 0.3) is 6.08 Å². The summed E-state index contributed by atoms with van der Waals surface area (Å²) >= 11 is 3.51. The van der Waals surface area contributed by atoms with E-state index in [1.54, 1.807) is 14.2 Å². The maximum absolute atomic E-state index is 5.25. The summed E-state index contributed by atoms with van der Waals surface area (Å²) in [5.74, 6) is 2.15. The van der Waals surface area contributed by atoms with Gasteiger partial charge in [-0.05, 0) is 23.6 Å². The van der Waals surface area contributed by atoms with E-state index >= 15 is 0 Å². The number of alkyl halides is 1. The predicted molar refractivity (Wildman–Crippen MR) is 76.2 cm³/mol. The second-order valence-electron chi connectivity index (χ2n) is 4.15. The molecule has 1 aromatic rings. The van der Waals surface area contributed by atoms with Crippen molar-refractivity contribution in [1.82, 2.24) is 0 Å². The molecule has 1 aromatic carbocycles. The van der Waals surface area contributed by atoms with Crippen LogP contribution in [-0.2, 0) is 0 Å². The van der Waals surface area contributed by atoms with Gasteiger partial charge < -0.3 is 9.47 Å². The fourth-order valence-corrected chi connectivity index (χ4v) is 2.30. The van der Waals surface area contributed by atoms with Crippen LogP contribution in [0.15, 0.2) is 23.8 Å². The summed E-state index contributed by atoms with van der Waals surface area (Å²) in [5.41, 5.74) is 2.45. The molecule has 0 unspecified atom stereocenters. The van der Waals surface area contributed by atoms with Crippen LogP contribution >= 0.6 is 15.9 Å². The molecule has 0 aliphatic heterocycles. The van der Waals surface area contributed by atoms with E-state index in [0.29, 0.717) is 5.92 Å². The van der Waals surface area contributed by atoms with Crippen molar-refractivity contribution in [1.29, 1.82) is 0 Å². The molecule has 0 fully saturated rings. The first-order chi connectivity index (χ1) is 8.10. The molecule has 0 aliphatic carbocycles. The molecule has 0 bridgehead atoms. The van der Waals surface area contributed by atoms with Gasteiger partial charge in [0.2, 0.25) is 0 Å². The van der Waals surface area contributed by atoms with E-state index in [-0.39, 0.29) is 0 Å². The zero-order valence-electron chi connectivity index (χ0n) is 10.8. The minimum absolute atomic E-state index is 0.520. The lowest BCUT2D eigenvalue weighted by Crippen LogP contribution is -1.95. The summed E-state index contributed by atoms with van der Waals surface area (Å²) in [7, 11) is 3.33. The highest BCUT2D eigenvalue weighted by Gasteiger charge is 2.04. The predicted octanol–water partition coefficient (Wildman–Crippen LogP) is 4.14. The fraction of sp³-hybridized carbons (Fsp3) is 0.429. The van der Waals surface area contributed by atoms with Crippen LogP contribution in [0, 0.1) is 5.92 Å². The van der Waals surface area contributed by atoms with Crippen molar-refractivity contribution in [2.75, 3.05) is 19.5 Å². The highest BCUT2D eigenvalue weighted by atomic mass is 79.9. The number of allylic oxidation sites excluding steroid dienone is 1. The van der Waals surface area contributed by atoms with E-state index in [9.17, 15) is 0 Å². The molecule has 0 spiro atoms. The standard InChI is InChI=1S/C14H19BrO2/c1-10(2)12(9-15)5-11-6-13(16-3)8-14(7-11)17-4/h5-8,10H,9H2,1-4H3. The largest absolute Gasteiger partial charge is 0.497 e. The van der Waals surface area contributed by atoms with Crippen molar-refractivity contribution in [3.05, 3.63) is 29.3 Å². The molecule has 0 amide bonds. The molecule has 17 heavy (non-hydrogen) atoms. The smallest absolute Gasteiger partial charge is 0.123 e. The highest BCUT2D eigenvalue weighted by molar-refractivity contribution is 9.09. The molecular weight excluding hydrogens is 280 g/mol. The summed E-state index contributed by atoms with van der Waals surface area (Å²) in [6.45, 7) is 4.37. The molecule has 2 nitrogen and oxygen atoms in total. The molecule has 0 heterocycles. The van der Waals surface area contributed by atoms with Gasteiger partial charge in [-0.15, -0.1) is 0 Å². The molecule has 0 radical (unpaired) electrons. The quantitative estimate of drug-likeness (QED) is 0.761. The first-order valence-corrected chi connectivity index (χ1v) is 6.72. The Bertz CT molecular complexity index is 375. The number of hydrogen-bond acceptors (Lipinski definition) is 2. The van der Waals surface area contributed by atoms with Gasteiger partial charge in [0.05, 0.1) is 14.2 Å². The van der Waals surface area contributed by atoms with Crippen molar-refractivity contribution < 1.29 is 9.47 Å². The first kappa shape index (κ1) is 14.1. The van der Waals surface area contributed by atoms with Crippen LogP contribution in [0.4, 0.5) is 0 Å². The number of halogens is 1. The lowest BCUT2D eigenvalue weighted by atomic mass is 10.0. The van der Waals surface area contributed by atoms with Crippen molar-refractivity contribution in [3.8, 4) is 11.5 Å². The maximum Gasteiger partial charge on any atom is 0.123 e. The Morgan fingerprint density at radius 1 is 1.18 bits per heavy atom. The third-order valence-corrected chi connectivity index (χ3v) is 3.27. The van der Waals surface area contributed by atoms with Crippen LogP contribution < -0.4 is 9.47 Å². The number of methoxy groups -OCH3 is 2. The second-order valence-corrected chi connectivity index (χ2v) is 4.71. The van der Waals surface area contributed by atoms with Crippen LogP contribution in [0.3, 0.4) is 0 Å². The van der Waals surface area contributed by atoms with Crippen molar-refractivity contribution in [3.63, 3.8) is 0 Å². The molecule has 0 aliphatic rings. The Balaban J connectivity index is 3.12. The van der Waals surface area contributed by atoms with Gasteiger partial charge in [0, 0.05) is 11.4 Å². The number of ether oxygens (including phenoxy) is 2. The first-order valence-electron chi connectivity index (χ1n) is 5.60. The van der Waals surface area contributed by atoms with Gasteiger partial charge in [0.15, 0.2) is 0 Å². The van der Waals surface area contributed by atoms with Crippen molar-refractivity contribution in [2.45, 2.75) is 13.8 Å². The molecule has 0 N–H and O–H groups in total. The average Bonchev–Trinajstić information content (AvgIpc) is 2.34. The van der Waals surface area contributed by atoms with E-state index in [0.717, 1.165) is 22.4 Å². The Labute approximate surface area is 112 Å². The Hall–Kier alpha value is -0.960. The average molecular weight is 299 g/mol. The molecule has 0 atom stereocenters. The van der Waals surface area contributed by atoms with Crippen LogP contribution in [-0.4, -0.2) is 19.5 Å². The molecule has 3 heteroatoms. The van der Waals surface area contributed by atoms with Gasteiger partial charge in [-0.3, -0.25) is 0 Å². The molecule has 0 saturated carbocycles. The molecule has 0 saturated heterocycles. The SMILES string of the molecule is COc1cc(C=C(CBr)C(C)C)cc(OC)c1. The fourth-order valence-electron chi connectivity index (χ4n) is 1.49. The van der Waals surface area contributed by atoms with Gasteiger partial charge >= 0.3 is 0 Å². The Morgan fingerprint density at radius 3 is 2.06 bits per heavy atom. The van der Waals surface area contributed by atoms with Crippen molar-refractivity contribution in [2.24, 2.45) is 5.92 Å². The Kier molecular flexibility index (Phi) is 5.56. The summed E-state index contributed by atoms with van der Waals surface area (Å²) in [4.78, 5) is 0. The topological polar surface area (TPSA) is 18.5 Å². The third kappa shape index (κ3) is 4.08. The van der Waals surface area contributed by atoms with E-state index in [2.05, 4.69) is 35.9 Å². The number of benzene rings is 1. The third-order valence-electron chi connectivity index (χ3n) is 2.62. The number of hydrogen-bond donors (Lipinski definition) is 0. The summed E-state index contributed by atoms with van der Waals surface area (Å²) in [6, 6.07) is 5.89. The minimum Gasteiger partial charge on any atom is -0.497 e. The number of rotatable bonds is 5. The van der Waals surface area contributed by atoms with Crippen LogP contribution in [0.2, 0.25) is 0 Å². The highest BCUT2D eigenvalue weighted by Crippen LogP contribution is 2.25. The minimum atomic E-state index is 0.520. The molecule has 94 valence electrons. The zero-order chi connectivity index (χ0) is 12.8. The lowest BCUT2D eigenvalue weighted by molar-refractivity contribution is 0.394. The van der Waals surface area contributed by atoms with Gasteiger partial charge in [0.1, 0.15) is 11.5 Å². The van der Waals surface area contributed by atoms with Gasteiger partial charge in [-0.2, -0.15) is 0 Å². The molecular formula is C14H19BrO2. The summed E-state index contributed by atoms with van der Waals surface area (Å²) in [6.07, 6.45) is 2.17. The maximum atomic E-state index is 5.25. The lowest BCUT2D eigenvalue weighted by Gasteiger charge is -2.10. The monoisotopic (exact) mass is 298 g/mol. The van der Waals surface area contributed by atoms with E-state index < -0.39 is 0 Å². The van der Waals surface area contributed by atoms with Gasteiger partial charge in [-0.25, -0.2) is 0 Å². The van der Waals surface area contributed by atoms with Gasteiger partial charge in [0.25, 0.3) is 0 Å². The van der Waals surface area contributed by atoms with Crippen LogP contribution in [0.1, 0.15) is 19.4 Å². The summed E-state index contributed by atoms with van der Waals surface area (Å²) in [5, 5.41) is 0.879. The van der Waals surface area contributed by atoms with E-state index in [4.69, 9.17) is 9.47 Å². The van der Waals surface area contributed by atoms with E-state index in [1.807, 2.05) is 18.2 Å². The Morgan fingerprint density at radius 2 is 1.71 bits per heavy atom. The molecule has 1 rings (SSSR count). The second kappa shape index (κ2) is 6.70. The van der Waals surface area contributed by atoms with E-state index in [1.165, 1.54) is 5.57 Å². The van der Waals surface area contributed by atoms with Gasteiger partial charge in [-0.1, -0.05) is 41.4 Å². The normalized spacial score (nSPS) is 11.8. The van der Waals surface area contributed by atoms with Crippen molar-refractivity contribution >= 4 is 22.0 Å².